The minimum atomic E-state index is 0.707. The standard InChI is InChI=1S/C15H15N5S/c1-10-3-5-12(6-4-10)14-18-15(20-19-14)21-9-13-8-16-11(2)7-17-13/h3-8H,9H2,1-2H3,(H,18,19,20). The lowest BCUT2D eigenvalue weighted by molar-refractivity contribution is 0.969. The van der Waals surface area contributed by atoms with Crippen molar-refractivity contribution in [1.29, 1.82) is 0 Å². The third-order valence-electron chi connectivity index (χ3n) is 2.97. The summed E-state index contributed by atoms with van der Waals surface area (Å²) in [6.07, 6.45) is 3.56. The van der Waals surface area contributed by atoms with E-state index < -0.39 is 0 Å². The summed E-state index contributed by atoms with van der Waals surface area (Å²) in [6.45, 7) is 3.99. The summed E-state index contributed by atoms with van der Waals surface area (Å²) < 4.78 is 0. The summed E-state index contributed by atoms with van der Waals surface area (Å²) in [4.78, 5) is 13.0. The van der Waals surface area contributed by atoms with Gasteiger partial charge in [0.1, 0.15) is 0 Å². The van der Waals surface area contributed by atoms with Gasteiger partial charge in [0, 0.05) is 23.7 Å². The van der Waals surface area contributed by atoms with Gasteiger partial charge in [0.15, 0.2) is 5.82 Å². The Bertz CT molecular complexity index is 719. The van der Waals surface area contributed by atoms with Gasteiger partial charge in [0.05, 0.1) is 11.4 Å². The molecule has 3 aromatic rings. The molecule has 0 atom stereocenters. The van der Waals surface area contributed by atoms with E-state index in [0.29, 0.717) is 10.9 Å². The predicted octanol–water partition coefficient (Wildman–Crippen LogP) is 3.17. The molecule has 5 nitrogen and oxygen atoms in total. The van der Waals surface area contributed by atoms with Crippen LogP contribution in [0.1, 0.15) is 17.0 Å². The molecule has 1 aromatic carbocycles. The Morgan fingerprint density at radius 2 is 1.86 bits per heavy atom. The summed E-state index contributed by atoms with van der Waals surface area (Å²) in [5.41, 5.74) is 4.11. The van der Waals surface area contributed by atoms with Crippen molar-refractivity contribution in [2.75, 3.05) is 0 Å². The van der Waals surface area contributed by atoms with Crippen LogP contribution < -0.4 is 0 Å². The molecule has 0 radical (unpaired) electrons. The van der Waals surface area contributed by atoms with E-state index in [-0.39, 0.29) is 0 Å². The highest BCUT2D eigenvalue weighted by Gasteiger charge is 2.07. The van der Waals surface area contributed by atoms with Gasteiger partial charge in [-0.15, -0.1) is 5.10 Å². The van der Waals surface area contributed by atoms with E-state index in [1.807, 2.05) is 19.1 Å². The predicted molar refractivity (Wildman–Crippen MR) is 82.9 cm³/mol. The van der Waals surface area contributed by atoms with E-state index in [9.17, 15) is 0 Å². The summed E-state index contributed by atoms with van der Waals surface area (Å²) in [5.74, 6) is 1.49. The fourth-order valence-corrected chi connectivity index (χ4v) is 2.48. The van der Waals surface area contributed by atoms with Crippen molar-refractivity contribution >= 4 is 11.8 Å². The molecule has 106 valence electrons. The second kappa shape index (κ2) is 6.05. The molecule has 21 heavy (non-hydrogen) atoms. The molecule has 0 spiro atoms. The first-order valence-electron chi connectivity index (χ1n) is 6.60. The first-order chi connectivity index (χ1) is 10.2. The van der Waals surface area contributed by atoms with Crippen molar-refractivity contribution < 1.29 is 0 Å². The van der Waals surface area contributed by atoms with E-state index in [1.165, 1.54) is 5.56 Å². The molecule has 1 N–H and O–H groups in total. The van der Waals surface area contributed by atoms with Crippen molar-refractivity contribution in [2.24, 2.45) is 0 Å². The summed E-state index contributed by atoms with van der Waals surface area (Å²) >= 11 is 1.54. The molecule has 6 heteroatoms. The topological polar surface area (TPSA) is 67.3 Å². The van der Waals surface area contributed by atoms with Crippen LogP contribution in [0.3, 0.4) is 0 Å². The molecule has 0 saturated carbocycles. The molecule has 0 fully saturated rings. The van der Waals surface area contributed by atoms with Crippen molar-refractivity contribution in [3.8, 4) is 11.4 Å². The SMILES string of the molecule is Cc1ccc(-c2nc(SCc3cnc(C)cn3)n[nH]2)cc1. The van der Waals surface area contributed by atoms with Gasteiger partial charge >= 0.3 is 0 Å². The highest BCUT2D eigenvalue weighted by atomic mass is 32.2. The maximum atomic E-state index is 4.49. The molecule has 3 rings (SSSR count). The number of aryl methyl sites for hydroxylation is 2. The molecular formula is C15H15N5S. The van der Waals surface area contributed by atoms with Crippen LogP contribution in [-0.4, -0.2) is 25.1 Å². The highest BCUT2D eigenvalue weighted by molar-refractivity contribution is 7.98. The lowest BCUT2D eigenvalue weighted by Crippen LogP contribution is -1.90. The number of H-pyrrole nitrogens is 1. The second-order valence-corrected chi connectivity index (χ2v) is 5.71. The van der Waals surface area contributed by atoms with Crippen LogP contribution in [0.2, 0.25) is 0 Å². The van der Waals surface area contributed by atoms with Crippen LogP contribution in [0.4, 0.5) is 0 Å². The van der Waals surface area contributed by atoms with Crippen molar-refractivity contribution in [3.05, 3.63) is 53.6 Å². The molecule has 0 unspecified atom stereocenters. The van der Waals surface area contributed by atoms with Gasteiger partial charge in [-0.1, -0.05) is 41.6 Å². The zero-order valence-corrected chi connectivity index (χ0v) is 12.7. The molecule has 0 aliphatic heterocycles. The van der Waals surface area contributed by atoms with E-state index in [1.54, 1.807) is 24.2 Å². The first kappa shape index (κ1) is 13.8. The molecular weight excluding hydrogens is 282 g/mol. The summed E-state index contributed by atoms with van der Waals surface area (Å²) in [7, 11) is 0. The van der Waals surface area contributed by atoms with Crippen LogP contribution in [0.5, 0.6) is 0 Å². The van der Waals surface area contributed by atoms with Gasteiger partial charge in [-0.2, -0.15) is 0 Å². The first-order valence-corrected chi connectivity index (χ1v) is 7.59. The Hall–Kier alpha value is -2.21. The van der Waals surface area contributed by atoms with E-state index in [4.69, 9.17) is 0 Å². The molecule has 0 bridgehead atoms. The van der Waals surface area contributed by atoms with Gasteiger partial charge in [-0.05, 0) is 13.8 Å². The Balaban J connectivity index is 1.67. The number of thioether (sulfide) groups is 1. The van der Waals surface area contributed by atoms with E-state index in [0.717, 1.165) is 22.8 Å². The number of nitrogens with zero attached hydrogens (tertiary/aromatic N) is 4. The molecule has 0 saturated heterocycles. The van der Waals surface area contributed by atoms with Crippen molar-refractivity contribution in [2.45, 2.75) is 24.8 Å². The minimum absolute atomic E-state index is 0.707. The Morgan fingerprint density at radius 1 is 1.05 bits per heavy atom. The molecule has 0 amide bonds. The second-order valence-electron chi connectivity index (χ2n) is 4.77. The maximum Gasteiger partial charge on any atom is 0.209 e. The minimum Gasteiger partial charge on any atom is -0.258 e. The molecule has 0 aliphatic rings. The molecule has 0 aliphatic carbocycles. The normalized spacial score (nSPS) is 10.8. The average Bonchev–Trinajstić information content (AvgIpc) is 2.96. The summed E-state index contributed by atoms with van der Waals surface area (Å²) in [5, 5.41) is 7.91. The van der Waals surface area contributed by atoms with Gasteiger partial charge in [-0.3, -0.25) is 15.1 Å². The van der Waals surface area contributed by atoms with Crippen LogP contribution >= 0.6 is 11.8 Å². The van der Waals surface area contributed by atoms with Gasteiger partial charge in [0.2, 0.25) is 5.16 Å². The lowest BCUT2D eigenvalue weighted by atomic mass is 10.1. The number of aromatic nitrogens is 5. The fourth-order valence-electron chi connectivity index (χ4n) is 1.78. The van der Waals surface area contributed by atoms with Gasteiger partial charge < -0.3 is 0 Å². The number of hydrogen-bond donors (Lipinski definition) is 1. The maximum absolute atomic E-state index is 4.49. The van der Waals surface area contributed by atoms with E-state index >= 15 is 0 Å². The summed E-state index contributed by atoms with van der Waals surface area (Å²) in [6, 6.07) is 8.20. The van der Waals surface area contributed by atoms with Crippen LogP contribution in [0, 0.1) is 13.8 Å². The molecule has 2 aromatic heterocycles. The largest absolute Gasteiger partial charge is 0.258 e. The van der Waals surface area contributed by atoms with Gasteiger partial charge in [-0.25, -0.2) is 4.98 Å². The number of hydrogen-bond acceptors (Lipinski definition) is 5. The molecule has 2 heterocycles. The Labute approximate surface area is 127 Å². The quantitative estimate of drug-likeness (QED) is 0.749. The Kier molecular flexibility index (Phi) is 3.96. The van der Waals surface area contributed by atoms with Crippen LogP contribution in [0.25, 0.3) is 11.4 Å². The van der Waals surface area contributed by atoms with E-state index in [2.05, 4.69) is 44.2 Å². The number of nitrogens with one attached hydrogen (secondary N) is 1. The fraction of sp³-hybridized carbons (Fsp3) is 0.200. The third-order valence-corrected chi connectivity index (χ3v) is 3.85. The number of rotatable bonds is 4. The Morgan fingerprint density at radius 3 is 2.57 bits per heavy atom. The number of benzene rings is 1. The zero-order chi connectivity index (χ0) is 14.7. The number of aromatic amines is 1. The van der Waals surface area contributed by atoms with Gasteiger partial charge in [0.25, 0.3) is 0 Å². The van der Waals surface area contributed by atoms with Crippen molar-refractivity contribution in [3.63, 3.8) is 0 Å². The van der Waals surface area contributed by atoms with Crippen LogP contribution in [0.15, 0.2) is 41.8 Å². The monoisotopic (exact) mass is 297 g/mol. The highest BCUT2D eigenvalue weighted by Crippen LogP contribution is 2.21. The lowest BCUT2D eigenvalue weighted by Gasteiger charge is -1.97. The average molecular weight is 297 g/mol. The van der Waals surface area contributed by atoms with Crippen molar-refractivity contribution in [1.82, 2.24) is 25.1 Å². The smallest absolute Gasteiger partial charge is 0.209 e. The van der Waals surface area contributed by atoms with Crippen LogP contribution in [-0.2, 0) is 5.75 Å². The zero-order valence-electron chi connectivity index (χ0n) is 11.9. The third kappa shape index (κ3) is 3.46.